The number of nitrogens with one attached hydrogen (secondary N) is 2. The molecule has 0 spiro atoms. The zero-order valence-electron chi connectivity index (χ0n) is 19.2. The Bertz CT molecular complexity index is 1160. The molecule has 1 aromatic heterocycles. The van der Waals surface area contributed by atoms with Crippen LogP contribution in [0.15, 0.2) is 40.4 Å². The average Bonchev–Trinajstić information content (AvgIpc) is 3.45. The summed E-state index contributed by atoms with van der Waals surface area (Å²) in [5.74, 6) is -1.47. The van der Waals surface area contributed by atoms with Crippen molar-refractivity contribution in [2.75, 3.05) is 13.1 Å². The van der Waals surface area contributed by atoms with Gasteiger partial charge in [0.25, 0.3) is 11.8 Å². The third kappa shape index (κ3) is 4.15. The Morgan fingerprint density at radius 2 is 1.83 bits per heavy atom. The molecular weight excluding hydrogens is 465 g/mol. The molecule has 4 heterocycles. The van der Waals surface area contributed by atoms with E-state index < -0.39 is 30.2 Å². The normalized spacial score (nSPS) is 25.6. The van der Waals surface area contributed by atoms with Crippen LogP contribution in [0.5, 0.6) is 0 Å². The first kappa shape index (κ1) is 23.3. The number of likely N-dealkylation sites (tertiary alicyclic amines) is 1. The number of carbonyl (C=O) groups excluding carboxylic acids is 2. The largest absolute Gasteiger partial charge is 0.420 e. The molecule has 5 rings (SSSR count). The van der Waals surface area contributed by atoms with Crippen LogP contribution in [0.1, 0.15) is 55.9 Å². The highest BCUT2D eigenvalue weighted by molar-refractivity contribution is 6.19. The minimum atomic E-state index is -4.58. The van der Waals surface area contributed by atoms with Crippen molar-refractivity contribution < 1.29 is 27.2 Å². The van der Waals surface area contributed by atoms with Crippen molar-refractivity contribution in [1.29, 1.82) is 0 Å². The van der Waals surface area contributed by atoms with Gasteiger partial charge in [0.05, 0.1) is 5.92 Å². The summed E-state index contributed by atoms with van der Waals surface area (Å²) in [5, 5.41) is 12.2. The van der Waals surface area contributed by atoms with Gasteiger partial charge < -0.3 is 14.6 Å². The Morgan fingerprint density at radius 3 is 2.46 bits per heavy atom. The summed E-state index contributed by atoms with van der Waals surface area (Å²) in [7, 11) is 0. The highest BCUT2D eigenvalue weighted by Gasteiger charge is 2.58. The molecule has 2 saturated heterocycles. The number of halogens is 3. The first-order chi connectivity index (χ1) is 16.6. The van der Waals surface area contributed by atoms with Crippen molar-refractivity contribution in [3.8, 4) is 0 Å². The topological polar surface area (TPSA) is 104 Å². The number of aromatic nitrogens is 2. The van der Waals surface area contributed by atoms with E-state index in [1.807, 2.05) is 0 Å². The molecular formula is C23H25F3N6O3. The SMILES string of the molecule is CC(=O)N1CCC(c2nnc(C3=C(C)NC4C(c5ccccc5)C(C(F)(F)F)NN4C3=O)o2)CC1. The predicted molar refractivity (Wildman–Crippen MR) is 117 cm³/mol. The third-order valence-corrected chi connectivity index (χ3v) is 6.91. The Labute approximate surface area is 199 Å². The molecule has 3 atom stereocenters. The molecule has 0 saturated carbocycles. The van der Waals surface area contributed by atoms with Gasteiger partial charge >= 0.3 is 6.18 Å². The molecule has 186 valence electrons. The van der Waals surface area contributed by atoms with Crippen LogP contribution in [-0.2, 0) is 9.59 Å². The first-order valence-corrected chi connectivity index (χ1v) is 11.4. The highest BCUT2D eigenvalue weighted by atomic mass is 19.4. The lowest BCUT2D eigenvalue weighted by Crippen LogP contribution is -2.54. The van der Waals surface area contributed by atoms with Crippen LogP contribution >= 0.6 is 0 Å². The molecule has 2 amide bonds. The molecule has 1 aromatic carbocycles. The quantitative estimate of drug-likeness (QED) is 0.682. The van der Waals surface area contributed by atoms with E-state index in [9.17, 15) is 22.8 Å². The molecule has 2 fully saturated rings. The van der Waals surface area contributed by atoms with E-state index in [1.165, 1.54) is 6.92 Å². The van der Waals surface area contributed by atoms with Crippen molar-refractivity contribution in [3.63, 3.8) is 0 Å². The van der Waals surface area contributed by atoms with Gasteiger partial charge in [-0.2, -0.15) is 13.2 Å². The van der Waals surface area contributed by atoms with Crippen LogP contribution in [0.3, 0.4) is 0 Å². The maximum absolute atomic E-state index is 14.0. The monoisotopic (exact) mass is 490 g/mol. The zero-order valence-corrected chi connectivity index (χ0v) is 19.2. The van der Waals surface area contributed by atoms with Crippen molar-refractivity contribution in [2.24, 2.45) is 0 Å². The number of hydrogen-bond donors (Lipinski definition) is 2. The Kier molecular flexibility index (Phi) is 5.78. The molecule has 3 aliphatic rings. The fraction of sp³-hybridized carbons (Fsp3) is 0.478. The molecule has 35 heavy (non-hydrogen) atoms. The average molecular weight is 490 g/mol. The van der Waals surface area contributed by atoms with Gasteiger partial charge in [0.1, 0.15) is 17.8 Å². The maximum atomic E-state index is 14.0. The number of hydrogen-bond acceptors (Lipinski definition) is 7. The van der Waals surface area contributed by atoms with Gasteiger partial charge in [-0.15, -0.1) is 10.2 Å². The van der Waals surface area contributed by atoms with E-state index in [2.05, 4.69) is 20.9 Å². The number of carbonyl (C=O) groups is 2. The summed E-state index contributed by atoms with van der Waals surface area (Å²) in [6.45, 7) is 4.27. The minimum Gasteiger partial charge on any atom is -0.420 e. The van der Waals surface area contributed by atoms with Gasteiger partial charge in [0, 0.05) is 31.6 Å². The number of allylic oxidation sites excluding steroid dienone is 1. The smallest absolute Gasteiger partial charge is 0.406 e. The summed E-state index contributed by atoms with van der Waals surface area (Å²) < 4.78 is 47.7. The van der Waals surface area contributed by atoms with Gasteiger partial charge in [0.2, 0.25) is 11.8 Å². The minimum absolute atomic E-state index is 0.00737. The number of benzene rings is 1. The third-order valence-electron chi connectivity index (χ3n) is 6.91. The number of rotatable bonds is 3. The van der Waals surface area contributed by atoms with Crippen LogP contribution < -0.4 is 10.7 Å². The van der Waals surface area contributed by atoms with E-state index in [0.29, 0.717) is 43.1 Å². The molecule has 0 radical (unpaired) electrons. The van der Waals surface area contributed by atoms with E-state index in [0.717, 1.165) is 5.01 Å². The Hall–Kier alpha value is -3.41. The van der Waals surface area contributed by atoms with Gasteiger partial charge in [0.15, 0.2) is 0 Å². The zero-order chi connectivity index (χ0) is 24.9. The Balaban J connectivity index is 1.41. The van der Waals surface area contributed by atoms with Crippen molar-refractivity contribution in [1.82, 2.24) is 30.8 Å². The summed E-state index contributed by atoms with van der Waals surface area (Å²) in [6.07, 6.45) is -4.24. The van der Waals surface area contributed by atoms with E-state index in [-0.39, 0.29) is 23.3 Å². The second kappa shape index (κ2) is 8.67. The highest BCUT2D eigenvalue weighted by Crippen LogP contribution is 2.42. The summed E-state index contributed by atoms with van der Waals surface area (Å²) in [5.41, 5.74) is 3.23. The van der Waals surface area contributed by atoms with Crippen molar-refractivity contribution in [3.05, 3.63) is 53.4 Å². The number of piperidine rings is 1. The van der Waals surface area contributed by atoms with Crippen LogP contribution in [0.4, 0.5) is 13.2 Å². The number of nitrogens with zero attached hydrogens (tertiary/aromatic N) is 4. The lowest BCUT2D eigenvalue weighted by atomic mass is 9.89. The number of fused-ring (bicyclic) bond motifs is 1. The lowest BCUT2D eigenvalue weighted by molar-refractivity contribution is -0.161. The fourth-order valence-electron chi connectivity index (χ4n) is 5.09. The number of alkyl halides is 3. The summed E-state index contributed by atoms with van der Waals surface area (Å²) in [4.78, 5) is 26.7. The number of amides is 2. The van der Waals surface area contributed by atoms with Crippen molar-refractivity contribution in [2.45, 2.75) is 56.9 Å². The van der Waals surface area contributed by atoms with E-state index >= 15 is 0 Å². The van der Waals surface area contributed by atoms with Gasteiger partial charge in [-0.05, 0) is 25.3 Å². The Morgan fingerprint density at radius 1 is 1.14 bits per heavy atom. The first-order valence-electron chi connectivity index (χ1n) is 11.4. The molecule has 9 nitrogen and oxygen atoms in total. The molecule has 0 bridgehead atoms. The molecule has 3 unspecified atom stereocenters. The standard InChI is InChI=1S/C23H25F3N6O3/c1-12-16(21-29-28-20(35-21)15-8-10-31(11-9-15)13(2)33)22(34)32-19(27-12)17(14-6-4-3-5-7-14)18(30-32)23(24,25)26/h3-7,15,17-19,27,30H,8-11H2,1-2H3. The second-order valence-electron chi connectivity index (χ2n) is 9.07. The second-order valence-corrected chi connectivity index (χ2v) is 9.07. The maximum Gasteiger partial charge on any atom is 0.406 e. The molecule has 0 aliphatic carbocycles. The van der Waals surface area contributed by atoms with Gasteiger partial charge in [-0.25, -0.2) is 10.4 Å². The van der Waals surface area contributed by atoms with Crippen LogP contribution in [0.25, 0.3) is 5.57 Å². The summed E-state index contributed by atoms with van der Waals surface area (Å²) in [6, 6.07) is 6.36. The molecule has 2 N–H and O–H groups in total. The molecule has 2 aromatic rings. The van der Waals surface area contributed by atoms with E-state index in [4.69, 9.17) is 4.42 Å². The van der Waals surface area contributed by atoms with Gasteiger partial charge in [-0.3, -0.25) is 9.59 Å². The predicted octanol–water partition coefficient (Wildman–Crippen LogP) is 2.52. The fourth-order valence-corrected chi connectivity index (χ4v) is 5.09. The van der Waals surface area contributed by atoms with Crippen LogP contribution in [0.2, 0.25) is 0 Å². The van der Waals surface area contributed by atoms with Crippen LogP contribution in [0, 0.1) is 0 Å². The summed E-state index contributed by atoms with van der Waals surface area (Å²) >= 11 is 0. The lowest BCUT2D eigenvalue weighted by Gasteiger charge is -2.34. The number of hydrazine groups is 1. The van der Waals surface area contributed by atoms with Crippen LogP contribution in [-0.4, -0.2) is 63.4 Å². The van der Waals surface area contributed by atoms with Gasteiger partial charge in [-0.1, -0.05) is 30.3 Å². The molecule has 12 heteroatoms. The molecule has 3 aliphatic heterocycles. The van der Waals surface area contributed by atoms with E-state index in [1.54, 1.807) is 42.2 Å². The van der Waals surface area contributed by atoms with Crippen molar-refractivity contribution >= 4 is 17.4 Å².